The van der Waals surface area contributed by atoms with Gasteiger partial charge in [-0.25, -0.2) is 0 Å². The second kappa shape index (κ2) is 5.85. The monoisotopic (exact) mass is 246 g/mol. The van der Waals surface area contributed by atoms with Gasteiger partial charge in [-0.05, 0) is 46.2 Å². The zero-order chi connectivity index (χ0) is 13.1. The smallest absolute Gasteiger partial charge is 0.0292 e. The summed E-state index contributed by atoms with van der Waals surface area (Å²) in [6.07, 6.45) is 2.77. The summed E-state index contributed by atoms with van der Waals surface area (Å²) in [7, 11) is 2.25. The number of rotatable bonds is 6. The molecule has 1 aromatic rings. The SMILES string of the molecule is Cc1cccc(C(C)NCC(C)N(C)C2CC2)c1. The van der Waals surface area contributed by atoms with Crippen molar-refractivity contribution >= 4 is 0 Å². The van der Waals surface area contributed by atoms with Crippen molar-refractivity contribution in [3.05, 3.63) is 35.4 Å². The van der Waals surface area contributed by atoms with Crippen LogP contribution in [0.25, 0.3) is 0 Å². The number of nitrogens with one attached hydrogen (secondary N) is 1. The minimum absolute atomic E-state index is 0.431. The zero-order valence-corrected chi connectivity index (χ0v) is 12.1. The normalized spacial score (nSPS) is 18.9. The third-order valence-corrected chi connectivity index (χ3v) is 4.08. The van der Waals surface area contributed by atoms with E-state index in [4.69, 9.17) is 0 Å². The van der Waals surface area contributed by atoms with Crippen LogP contribution in [0, 0.1) is 6.92 Å². The molecule has 18 heavy (non-hydrogen) atoms. The summed E-state index contributed by atoms with van der Waals surface area (Å²) in [5.41, 5.74) is 2.72. The molecule has 0 aromatic heterocycles. The summed E-state index contributed by atoms with van der Waals surface area (Å²) < 4.78 is 0. The lowest BCUT2D eigenvalue weighted by Gasteiger charge is -2.26. The molecule has 0 spiro atoms. The van der Waals surface area contributed by atoms with Crippen LogP contribution < -0.4 is 5.32 Å². The average molecular weight is 246 g/mol. The topological polar surface area (TPSA) is 15.3 Å². The Balaban J connectivity index is 1.82. The van der Waals surface area contributed by atoms with Crippen molar-refractivity contribution in [1.29, 1.82) is 0 Å². The van der Waals surface area contributed by atoms with Crippen LogP contribution >= 0.6 is 0 Å². The highest BCUT2D eigenvalue weighted by atomic mass is 15.2. The maximum Gasteiger partial charge on any atom is 0.0292 e. The second-order valence-electron chi connectivity index (χ2n) is 5.79. The molecule has 0 aliphatic heterocycles. The largest absolute Gasteiger partial charge is 0.309 e. The Labute approximate surface area is 111 Å². The van der Waals surface area contributed by atoms with Gasteiger partial charge in [0.2, 0.25) is 0 Å². The van der Waals surface area contributed by atoms with Gasteiger partial charge in [-0.3, -0.25) is 4.90 Å². The molecule has 100 valence electrons. The predicted octanol–water partition coefficient (Wildman–Crippen LogP) is 3.13. The lowest BCUT2D eigenvalue weighted by atomic mass is 10.1. The second-order valence-corrected chi connectivity index (χ2v) is 5.79. The van der Waals surface area contributed by atoms with Crippen molar-refractivity contribution in [2.45, 2.75) is 51.7 Å². The van der Waals surface area contributed by atoms with Gasteiger partial charge in [-0.2, -0.15) is 0 Å². The molecule has 1 N–H and O–H groups in total. The molecule has 0 saturated heterocycles. The van der Waals surface area contributed by atoms with Crippen molar-refractivity contribution in [2.75, 3.05) is 13.6 Å². The van der Waals surface area contributed by atoms with Gasteiger partial charge in [0, 0.05) is 24.7 Å². The van der Waals surface area contributed by atoms with Crippen LogP contribution in [-0.2, 0) is 0 Å². The maximum absolute atomic E-state index is 3.65. The third kappa shape index (κ3) is 3.56. The maximum atomic E-state index is 3.65. The van der Waals surface area contributed by atoms with E-state index in [1.165, 1.54) is 24.0 Å². The minimum Gasteiger partial charge on any atom is -0.309 e. The summed E-state index contributed by atoms with van der Waals surface area (Å²) in [6, 6.07) is 10.7. The molecule has 0 heterocycles. The van der Waals surface area contributed by atoms with E-state index in [0.29, 0.717) is 12.1 Å². The van der Waals surface area contributed by atoms with E-state index >= 15 is 0 Å². The van der Waals surface area contributed by atoms with Crippen molar-refractivity contribution in [2.24, 2.45) is 0 Å². The Morgan fingerprint density at radius 1 is 1.33 bits per heavy atom. The van der Waals surface area contributed by atoms with E-state index in [0.717, 1.165) is 12.6 Å². The van der Waals surface area contributed by atoms with Crippen LogP contribution in [0.5, 0.6) is 0 Å². The van der Waals surface area contributed by atoms with Crippen molar-refractivity contribution in [1.82, 2.24) is 10.2 Å². The fraction of sp³-hybridized carbons (Fsp3) is 0.625. The molecule has 2 rings (SSSR count). The van der Waals surface area contributed by atoms with Gasteiger partial charge in [0.15, 0.2) is 0 Å². The van der Waals surface area contributed by atoms with Crippen LogP contribution in [0.2, 0.25) is 0 Å². The van der Waals surface area contributed by atoms with Gasteiger partial charge < -0.3 is 5.32 Å². The lowest BCUT2D eigenvalue weighted by Crippen LogP contribution is -2.39. The van der Waals surface area contributed by atoms with Crippen molar-refractivity contribution in [3.8, 4) is 0 Å². The van der Waals surface area contributed by atoms with Crippen molar-refractivity contribution in [3.63, 3.8) is 0 Å². The number of benzene rings is 1. The number of nitrogens with zero attached hydrogens (tertiary/aromatic N) is 1. The predicted molar refractivity (Wildman–Crippen MR) is 77.8 cm³/mol. The number of aryl methyl sites for hydroxylation is 1. The summed E-state index contributed by atoms with van der Waals surface area (Å²) in [5.74, 6) is 0. The fourth-order valence-corrected chi connectivity index (χ4v) is 2.39. The zero-order valence-electron chi connectivity index (χ0n) is 12.1. The van der Waals surface area contributed by atoms with E-state index in [1.807, 2.05) is 0 Å². The molecule has 1 saturated carbocycles. The summed E-state index contributed by atoms with van der Waals surface area (Å²) in [6.45, 7) is 7.77. The molecule has 2 unspecified atom stereocenters. The molecule has 0 bridgehead atoms. The van der Waals surface area contributed by atoms with Gasteiger partial charge >= 0.3 is 0 Å². The van der Waals surface area contributed by atoms with E-state index in [1.54, 1.807) is 0 Å². The van der Waals surface area contributed by atoms with E-state index in [-0.39, 0.29) is 0 Å². The molecule has 1 aliphatic rings. The Kier molecular flexibility index (Phi) is 4.41. The molecule has 1 fully saturated rings. The van der Waals surface area contributed by atoms with Gasteiger partial charge in [-0.15, -0.1) is 0 Å². The summed E-state index contributed by atoms with van der Waals surface area (Å²) in [4.78, 5) is 2.51. The molecule has 2 nitrogen and oxygen atoms in total. The summed E-state index contributed by atoms with van der Waals surface area (Å²) >= 11 is 0. The van der Waals surface area contributed by atoms with E-state index in [9.17, 15) is 0 Å². The quantitative estimate of drug-likeness (QED) is 0.829. The lowest BCUT2D eigenvalue weighted by molar-refractivity contribution is 0.237. The third-order valence-electron chi connectivity index (χ3n) is 4.08. The Bertz CT molecular complexity index is 384. The molecule has 0 radical (unpaired) electrons. The first kappa shape index (κ1) is 13.6. The van der Waals surface area contributed by atoms with Crippen molar-refractivity contribution < 1.29 is 0 Å². The van der Waals surface area contributed by atoms with Crippen LogP contribution in [0.15, 0.2) is 24.3 Å². The highest BCUT2D eigenvalue weighted by Crippen LogP contribution is 2.26. The molecule has 0 amide bonds. The minimum atomic E-state index is 0.431. The molecule has 2 heteroatoms. The number of likely N-dealkylation sites (N-methyl/N-ethyl adjacent to an activating group) is 1. The molecular formula is C16H26N2. The first-order chi connectivity index (χ1) is 8.58. The van der Waals surface area contributed by atoms with E-state index < -0.39 is 0 Å². The standard InChI is InChI=1S/C16H26N2/c1-12-6-5-7-15(10-12)14(3)17-11-13(2)18(4)16-8-9-16/h5-7,10,13-14,16-17H,8-9,11H2,1-4H3. The molecular weight excluding hydrogens is 220 g/mol. The highest BCUT2D eigenvalue weighted by molar-refractivity contribution is 5.24. The molecule has 1 aromatic carbocycles. The highest BCUT2D eigenvalue weighted by Gasteiger charge is 2.28. The van der Waals surface area contributed by atoms with Crippen LogP contribution in [-0.4, -0.2) is 30.6 Å². The Morgan fingerprint density at radius 2 is 2.06 bits per heavy atom. The van der Waals surface area contributed by atoms with Crippen LogP contribution in [0.1, 0.15) is 43.9 Å². The fourth-order valence-electron chi connectivity index (χ4n) is 2.39. The van der Waals surface area contributed by atoms with Gasteiger partial charge in [0.1, 0.15) is 0 Å². The molecule has 2 atom stereocenters. The molecule has 1 aliphatic carbocycles. The van der Waals surface area contributed by atoms with Crippen LogP contribution in [0.4, 0.5) is 0 Å². The Hall–Kier alpha value is -0.860. The summed E-state index contributed by atoms with van der Waals surface area (Å²) in [5, 5.41) is 3.65. The van der Waals surface area contributed by atoms with Gasteiger partial charge in [-0.1, -0.05) is 29.8 Å². The van der Waals surface area contributed by atoms with Crippen LogP contribution in [0.3, 0.4) is 0 Å². The average Bonchev–Trinajstić information content (AvgIpc) is 3.18. The number of hydrogen-bond donors (Lipinski definition) is 1. The first-order valence-corrected chi connectivity index (χ1v) is 7.10. The van der Waals surface area contributed by atoms with E-state index in [2.05, 4.69) is 62.3 Å². The van der Waals surface area contributed by atoms with Gasteiger partial charge in [0.05, 0.1) is 0 Å². The first-order valence-electron chi connectivity index (χ1n) is 7.10. The number of hydrogen-bond acceptors (Lipinski definition) is 2. The Morgan fingerprint density at radius 3 is 2.67 bits per heavy atom. The van der Waals surface area contributed by atoms with Gasteiger partial charge in [0.25, 0.3) is 0 Å².